The SMILES string of the molecule is COc1cc(Nc2c(C#N)cnc3cc(C=Cc4ccccc4)sc23)c(Cl)cc1Cl. The molecule has 0 aliphatic heterocycles. The van der Waals surface area contributed by atoms with Crippen molar-refractivity contribution in [2.75, 3.05) is 12.4 Å². The molecule has 0 aliphatic rings. The molecule has 2 aromatic carbocycles. The highest BCUT2D eigenvalue weighted by Crippen LogP contribution is 2.40. The first-order chi connectivity index (χ1) is 14.6. The zero-order valence-electron chi connectivity index (χ0n) is 15.8. The number of aromatic nitrogens is 1. The van der Waals surface area contributed by atoms with Gasteiger partial charge in [0, 0.05) is 17.1 Å². The lowest BCUT2D eigenvalue weighted by Crippen LogP contribution is -1.97. The lowest BCUT2D eigenvalue weighted by atomic mass is 10.2. The molecule has 0 aliphatic carbocycles. The van der Waals surface area contributed by atoms with E-state index < -0.39 is 0 Å². The number of methoxy groups -OCH3 is 1. The van der Waals surface area contributed by atoms with Crippen LogP contribution in [-0.4, -0.2) is 12.1 Å². The number of pyridine rings is 1. The summed E-state index contributed by atoms with van der Waals surface area (Å²) in [6.07, 6.45) is 5.64. The second kappa shape index (κ2) is 8.76. The minimum atomic E-state index is 0.415. The molecule has 4 nitrogen and oxygen atoms in total. The van der Waals surface area contributed by atoms with E-state index in [-0.39, 0.29) is 0 Å². The second-order valence-electron chi connectivity index (χ2n) is 6.36. The maximum absolute atomic E-state index is 9.61. The molecule has 0 spiro atoms. The lowest BCUT2D eigenvalue weighted by molar-refractivity contribution is 0.415. The zero-order chi connectivity index (χ0) is 21.1. The molecule has 7 heteroatoms. The summed E-state index contributed by atoms with van der Waals surface area (Å²) < 4.78 is 6.15. The van der Waals surface area contributed by atoms with Crippen LogP contribution in [-0.2, 0) is 0 Å². The molecule has 0 saturated carbocycles. The molecule has 0 radical (unpaired) electrons. The van der Waals surface area contributed by atoms with E-state index in [9.17, 15) is 5.26 Å². The summed E-state index contributed by atoms with van der Waals surface area (Å²) >= 11 is 14.1. The maximum Gasteiger partial charge on any atom is 0.139 e. The third-order valence-electron chi connectivity index (χ3n) is 4.42. The predicted octanol–water partition coefficient (Wildman–Crippen LogP) is 7.40. The van der Waals surface area contributed by atoms with Crippen LogP contribution in [0.3, 0.4) is 0 Å². The van der Waals surface area contributed by atoms with Gasteiger partial charge in [-0.05, 0) is 23.8 Å². The molecule has 0 unspecified atom stereocenters. The molecule has 148 valence electrons. The Morgan fingerprint density at radius 3 is 2.63 bits per heavy atom. The summed E-state index contributed by atoms with van der Waals surface area (Å²) in [5.74, 6) is 0.491. The zero-order valence-corrected chi connectivity index (χ0v) is 18.1. The van der Waals surface area contributed by atoms with Crippen molar-refractivity contribution in [2.45, 2.75) is 0 Å². The molecule has 4 rings (SSSR count). The van der Waals surface area contributed by atoms with Crippen LogP contribution in [0.25, 0.3) is 22.4 Å². The Morgan fingerprint density at radius 2 is 1.90 bits per heavy atom. The number of rotatable bonds is 5. The van der Waals surface area contributed by atoms with Crippen LogP contribution in [0.15, 0.2) is 54.7 Å². The summed E-state index contributed by atoms with van der Waals surface area (Å²) in [5.41, 5.74) is 3.58. The summed E-state index contributed by atoms with van der Waals surface area (Å²) in [6.45, 7) is 0. The third kappa shape index (κ3) is 4.12. The highest BCUT2D eigenvalue weighted by Gasteiger charge is 2.15. The number of hydrogen-bond acceptors (Lipinski definition) is 5. The van der Waals surface area contributed by atoms with Crippen molar-refractivity contribution < 1.29 is 4.74 Å². The molecule has 1 N–H and O–H groups in total. The molecular formula is C23H15Cl2N3OS. The van der Waals surface area contributed by atoms with E-state index in [4.69, 9.17) is 27.9 Å². The Balaban J connectivity index is 1.76. The van der Waals surface area contributed by atoms with Crippen molar-refractivity contribution in [1.29, 1.82) is 5.26 Å². The van der Waals surface area contributed by atoms with Gasteiger partial charge in [0.15, 0.2) is 0 Å². The summed E-state index contributed by atoms with van der Waals surface area (Å²) in [6, 6.07) is 17.6. The standard InChI is InChI=1S/C23H15Cl2N3OS/c1-29-21-11-19(17(24)10-18(21)25)28-22-15(12-26)13-27-20-9-16(30-23(20)22)8-7-14-5-3-2-4-6-14/h2-11,13H,1H3,(H,27,28). The average molecular weight is 452 g/mol. The number of ether oxygens (including phenoxy) is 1. The Morgan fingerprint density at radius 1 is 1.10 bits per heavy atom. The van der Waals surface area contributed by atoms with Crippen LogP contribution < -0.4 is 10.1 Å². The molecule has 0 fully saturated rings. The normalized spacial score (nSPS) is 11.0. The number of nitriles is 1. The van der Waals surface area contributed by atoms with Crippen molar-refractivity contribution in [3.63, 3.8) is 0 Å². The molecule has 0 saturated heterocycles. The van der Waals surface area contributed by atoms with E-state index in [1.165, 1.54) is 7.11 Å². The minimum Gasteiger partial charge on any atom is -0.495 e. The number of thiophene rings is 1. The monoisotopic (exact) mass is 451 g/mol. The predicted molar refractivity (Wildman–Crippen MR) is 126 cm³/mol. The van der Waals surface area contributed by atoms with Crippen LogP contribution in [0.4, 0.5) is 11.4 Å². The van der Waals surface area contributed by atoms with Gasteiger partial charge in [0.2, 0.25) is 0 Å². The molecule has 0 amide bonds. The van der Waals surface area contributed by atoms with Crippen molar-refractivity contribution in [1.82, 2.24) is 4.98 Å². The molecule has 2 heterocycles. The number of nitrogens with one attached hydrogen (secondary N) is 1. The van der Waals surface area contributed by atoms with E-state index in [2.05, 4.69) is 16.4 Å². The van der Waals surface area contributed by atoms with E-state index >= 15 is 0 Å². The Bertz CT molecular complexity index is 1290. The van der Waals surface area contributed by atoms with Crippen molar-refractivity contribution in [3.05, 3.63) is 80.8 Å². The molecule has 0 bridgehead atoms. The fourth-order valence-electron chi connectivity index (χ4n) is 2.95. The van der Waals surface area contributed by atoms with E-state index in [0.717, 1.165) is 20.7 Å². The van der Waals surface area contributed by atoms with Crippen LogP contribution in [0.2, 0.25) is 10.0 Å². The van der Waals surface area contributed by atoms with Crippen LogP contribution >= 0.6 is 34.5 Å². The number of anilines is 2. The number of nitrogens with zero attached hydrogens (tertiary/aromatic N) is 2. The molecule has 30 heavy (non-hydrogen) atoms. The summed E-state index contributed by atoms with van der Waals surface area (Å²) in [7, 11) is 1.54. The first-order valence-corrected chi connectivity index (χ1v) is 10.5. The van der Waals surface area contributed by atoms with Gasteiger partial charge in [-0.15, -0.1) is 11.3 Å². The van der Waals surface area contributed by atoms with Crippen molar-refractivity contribution in [3.8, 4) is 11.8 Å². The number of hydrogen-bond donors (Lipinski definition) is 1. The number of fused-ring (bicyclic) bond motifs is 1. The minimum absolute atomic E-state index is 0.415. The quantitative estimate of drug-likeness (QED) is 0.343. The van der Waals surface area contributed by atoms with Crippen LogP contribution in [0, 0.1) is 11.3 Å². The topological polar surface area (TPSA) is 57.9 Å². The highest BCUT2D eigenvalue weighted by molar-refractivity contribution is 7.20. The summed E-state index contributed by atoms with van der Waals surface area (Å²) in [4.78, 5) is 5.46. The average Bonchev–Trinajstić information content (AvgIpc) is 3.18. The lowest BCUT2D eigenvalue weighted by Gasteiger charge is -2.13. The van der Waals surface area contributed by atoms with Crippen molar-refractivity contribution >= 4 is 68.3 Å². The van der Waals surface area contributed by atoms with Gasteiger partial charge in [-0.3, -0.25) is 4.98 Å². The van der Waals surface area contributed by atoms with Crippen LogP contribution in [0.1, 0.15) is 16.0 Å². The van der Waals surface area contributed by atoms with E-state index in [0.29, 0.717) is 32.7 Å². The van der Waals surface area contributed by atoms with Gasteiger partial charge in [-0.1, -0.05) is 59.6 Å². The third-order valence-corrected chi connectivity index (χ3v) is 6.14. The largest absolute Gasteiger partial charge is 0.495 e. The molecule has 0 atom stereocenters. The van der Waals surface area contributed by atoms with Crippen LogP contribution in [0.5, 0.6) is 5.75 Å². The van der Waals surface area contributed by atoms with Gasteiger partial charge in [0.05, 0.1) is 44.3 Å². The summed E-state index contributed by atoms with van der Waals surface area (Å²) in [5, 5.41) is 13.7. The Labute approximate surface area is 188 Å². The molecule has 2 aromatic heterocycles. The fraction of sp³-hybridized carbons (Fsp3) is 0.0435. The smallest absolute Gasteiger partial charge is 0.139 e. The second-order valence-corrected chi connectivity index (χ2v) is 8.26. The maximum atomic E-state index is 9.61. The van der Waals surface area contributed by atoms with Gasteiger partial charge < -0.3 is 10.1 Å². The first kappa shape index (κ1) is 20.2. The number of benzene rings is 2. The van der Waals surface area contributed by atoms with Crippen molar-refractivity contribution in [2.24, 2.45) is 0 Å². The Kier molecular flexibility index (Phi) is 5.91. The van der Waals surface area contributed by atoms with E-state index in [1.807, 2.05) is 48.6 Å². The molecular weight excluding hydrogens is 437 g/mol. The molecule has 4 aromatic rings. The van der Waals surface area contributed by atoms with Gasteiger partial charge in [0.25, 0.3) is 0 Å². The first-order valence-electron chi connectivity index (χ1n) is 8.95. The van der Waals surface area contributed by atoms with Gasteiger partial charge in [0.1, 0.15) is 11.8 Å². The van der Waals surface area contributed by atoms with Gasteiger partial charge >= 0.3 is 0 Å². The highest BCUT2D eigenvalue weighted by atomic mass is 35.5. The van der Waals surface area contributed by atoms with Gasteiger partial charge in [-0.2, -0.15) is 5.26 Å². The van der Waals surface area contributed by atoms with E-state index in [1.54, 1.807) is 29.7 Å². The number of halogens is 2. The Hall–Kier alpha value is -3.04. The van der Waals surface area contributed by atoms with Gasteiger partial charge in [-0.25, -0.2) is 0 Å². The fourth-order valence-corrected chi connectivity index (χ4v) is 4.47.